The SMILES string of the molecule is COc1cc(NC(=O)c2cc(Nc3ccccc3C)ccn2)c(OC)cc1Cl. The van der Waals surface area contributed by atoms with E-state index in [0.29, 0.717) is 22.2 Å². The minimum atomic E-state index is -0.379. The van der Waals surface area contributed by atoms with Gasteiger partial charge in [-0.15, -0.1) is 0 Å². The summed E-state index contributed by atoms with van der Waals surface area (Å²) >= 11 is 6.11. The highest BCUT2D eigenvalue weighted by molar-refractivity contribution is 6.32. The summed E-state index contributed by atoms with van der Waals surface area (Å²) in [5, 5.41) is 6.48. The van der Waals surface area contributed by atoms with Crippen LogP contribution in [0, 0.1) is 6.92 Å². The molecule has 0 fully saturated rings. The molecule has 0 unspecified atom stereocenters. The average Bonchev–Trinajstić information content (AvgIpc) is 2.71. The fourth-order valence-corrected chi connectivity index (χ4v) is 2.88. The molecule has 1 heterocycles. The van der Waals surface area contributed by atoms with Gasteiger partial charge in [0.1, 0.15) is 17.2 Å². The minimum Gasteiger partial charge on any atom is -0.495 e. The summed E-state index contributed by atoms with van der Waals surface area (Å²) in [6.07, 6.45) is 1.58. The number of aromatic nitrogens is 1. The predicted octanol–water partition coefficient (Wildman–Crippen LogP) is 5.06. The summed E-state index contributed by atoms with van der Waals surface area (Å²) in [4.78, 5) is 16.9. The number of rotatable bonds is 6. The van der Waals surface area contributed by atoms with E-state index in [1.165, 1.54) is 14.2 Å². The van der Waals surface area contributed by atoms with Gasteiger partial charge < -0.3 is 20.1 Å². The molecule has 0 atom stereocenters. The lowest BCUT2D eigenvalue weighted by atomic mass is 10.2. The Bertz CT molecular complexity index is 1010. The van der Waals surface area contributed by atoms with Crippen molar-refractivity contribution in [3.8, 4) is 11.5 Å². The Hall–Kier alpha value is -3.25. The van der Waals surface area contributed by atoms with E-state index in [0.717, 1.165) is 16.9 Å². The second-order valence-corrected chi connectivity index (χ2v) is 6.42. The fraction of sp³-hybridized carbons (Fsp3) is 0.143. The zero-order valence-electron chi connectivity index (χ0n) is 15.7. The molecule has 0 saturated carbocycles. The van der Waals surface area contributed by atoms with Crippen molar-refractivity contribution in [2.75, 3.05) is 24.9 Å². The molecule has 144 valence electrons. The molecular formula is C21H20ClN3O3. The Morgan fingerprint density at radius 2 is 1.75 bits per heavy atom. The van der Waals surface area contributed by atoms with Gasteiger partial charge in [-0.2, -0.15) is 0 Å². The van der Waals surface area contributed by atoms with Crippen molar-refractivity contribution in [1.29, 1.82) is 0 Å². The number of nitrogens with one attached hydrogen (secondary N) is 2. The van der Waals surface area contributed by atoms with E-state index in [9.17, 15) is 4.79 Å². The number of anilines is 3. The van der Waals surface area contributed by atoms with Crippen molar-refractivity contribution < 1.29 is 14.3 Å². The Balaban J connectivity index is 1.83. The van der Waals surface area contributed by atoms with Crippen LogP contribution >= 0.6 is 11.6 Å². The number of benzene rings is 2. The molecule has 6 nitrogen and oxygen atoms in total. The largest absolute Gasteiger partial charge is 0.495 e. The molecule has 28 heavy (non-hydrogen) atoms. The van der Waals surface area contributed by atoms with Gasteiger partial charge in [0.2, 0.25) is 0 Å². The first-order chi connectivity index (χ1) is 13.5. The molecule has 0 radical (unpaired) electrons. The maximum Gasteiger partial charge on any atom is 0.274 e. The lowest BCUT2D eigenvalue weighted by Crippen LogP contribution is -2.14. The fourth-order valence-electron chi connectivity index (χ4n) is 2.65. The lowest BCUT2D eigenvalue weighted by molar-refractivity contribution is 0.102. The highest BCUT2D eigenvalue weighted by Gasteiger charge is 2.15. The monoisotopic (exact) mass is 397 g/mol. The number of aryl methyl sites for hydroxylation is 1. The molecule has 0 saturated heterocycles. The normalized spacial score (nSPS) is 10.3. The summed E-state index contributed by atoms with van der Waals surface area (Å²) in [7, 11) is 3.00. The van der Waals surface area contributed by atoms with Gasteiger partial charge in [-0.1, -0.05) is 29.8 Å². The Labute approximate surface area is 168 Å². The van der Waals surface area contributed by atoms with Gasteiger partial charge in [-0.05, 0) is 30.7 Å². The topological polar surface area (TPSA) is 72.5 Å². The standard InChI is InChI=1S/C21H20ClN3O3/c1-13-6-4-5-7-16(13)24-14-8-9-23-18(10-14)21(26)25-17-12-19(27-2)15(22)11-20(17)28-3/h4-12H,1-3H3,(H,23,24)(H,25,26). The van der Waals surface area contributed by atoms with Crippen LogP contribution in [-0.2, 0) is 0 Å². The van der Waals surface area contributed by atoms with Crippen LogP contribution < -0.4 is 20.1 Å². The number of methoxy groups -OCH3 is 2. The van der Waals surface area contributed by atoms with Crippen LogP contribution in [0.2, 0.25) is 5.02 Å². The molecule has 3 rings (SSSR count). The maximum atomic E-state index is 12.7. The Morgan fingerprint density at radius 3 is 2.46 bits per heavy atom. The van der Waals surface area contributed by atoms with Crippen molar-refractivity contribution in [2.24, 2.45) is 0 Å². The third kappa shape index (κ3) is 4.35. The van der Waals surface area contributed by atoms with Crippen molar-refractivity contribution in [3.63, 3.8) is 0 Å². The van der Waals surface area contributed by atoms with Crippen molar-refractivity contribution in [2.45, 2.75) is 6.92 Å². The minimum absolute atomic E-state index is 0.259. The maximum absolute atomic E-state index is 12.7. The number of hydrogen-bond acceptors (Lipinski definition) is 5. The molecule has 3 aromatic rings. The first-order valence-corrected chi connectivity index (χ1v) is 8.91. The van der Waals surface area contributed by atoms with Gasteiger partial charge in [0, 0.05) is 29.7 Å². The number of ether oxygens (including phenoxy) is 2. The van der Waals surface area contributed by atoms with Crippen LogP contribution in [0.3, 0.4) is 0 Å². The van der Waals surface area contributed by atoms with Gasteiger partial charge in [0.05, 0.1) is 24.9 Å². The van der Waals surface area contributed by atoms with E-state index in [-0.39, 0.29) is 11.6 Å². The highest BCUT2D eigenvalue weighted by Crippen LogP contribution is 2.36. The lowest BCUT2D eigenvalue weighted by Gasteiger charge is -2.13. The van der Waals surface area contributed by atoms with Crippen molar-refractivity contribution in [1.82, 2.24) is 4.98 Å². The second-order valence-electron chi connectivity index (χ2n) is 6.01. The van der Waals surface area contributed by atoms with Gasteiger partial charge in [-0.25, -0.2) is 0 Å². The molecule has 2 aromatic carbocycles. The molecule has 0 bridgehead atoms. The van der Waals surface area contributed by atoms with Crippen LogP contribution in [0.5, 0.6) is 11.5 Å². The van der Waals surface area contributed by atoms with E-state index in [2.05, 4.69) is 15.6 Å². The molecule has 1 amide bonds. The molecule has 0 spiro atoms. The number of halogens is 1. The number of hydrogen-bond donors (Lipinski definition) is 2. The number of nitrogens with zero attached hydrogens (tertiary/aromatic N) is 1. The Kier molecular flexibility index (Phi) is 6.01. The van der Waals surface area contributed by atoms with Gasteiger partial charge >= 0.3 is 0 Å². The van der Waals surface area contributed by atoms with E-state index in [1.807, 2.05) is 31.2 Å². The summed E-state index contributed by atoms with van der Waals surface area (Å²) in [6, 6.07) is 14.6. The number of para-hydroxylation sites is 1. The third-order valence-corrected chi connectivity index (χ3v) is 4.43. The first kappa shape index (κ1) is 19.5. The first-order valence-electron chi connectivity index (χ1n) is 8.53. The summed E-state index contributed by atoms with van der Waals surface area (Å²) < 4.78 is 10.5. The van der Waals surface area contributed by atoms with E-state index < -0.39 is 0 Å². The number of amides is 1. The average molecular weight is 398 g/mol. The molecule has 0 aliphatic rings. The second kappa shape index (κ2) is 8.63. The molecule has 0 aliphatic carbocycles. The van der Waals surface area contributed by atoms with Gasteiger partial charge in [0.25, 0.3) is 5.91 Å². The van der Waals surface area contributed by atoms with Crippen LogP contribution in [-0.4, -0.2) is 25.1 Å². The van der Waals surface area contributed by atoms with Crippen LogP contribution in [0.1, 0.15) is 16.1 Å². The zero-order valence-corrected chi connectivity index (χ0v) is 16.5. The third-order valence-electron chi connectivity index (χ3n) is 4.14. The number of carbonyl (C=O) groups is 1. The molecular weight excluding hydrogens is 378 g/mol. The number of pyridine rings is 1. The van der Waals surface area contributed by atoms with Crippen LogP contribution in [0.25, 0.3) is 0 Å². The van der Waals surface area contributed by atoms with E-state index in [4.69, 9.17) is 21.1 Å². The predicted molar refractivity (Wildman–Crippen MR) is 111 cm³/mol. The van der Waals surface area contributed by atoms with E-state index >= 15 is 0 Å². The van der Waals surface area contributed by atoms with Crippen molar-refractivity contribution >= 4 is 34.6 Å². The van der Waals surface area contributed by atoms with Crippen molar-refractivity contribution in [3.05, 3.63) is 71.0 Å². The highest BCUT2D eigenvalue weighted by atomic mass is 35.5. The van der Waals surface area contributed by atoms with E-state index in [1.54, 1.807) is 30.5 Å². The number of carbonyl (C=O) groups excluding carboxylic acids is 1. The summed E-state index contributed by atoms with van der Waals surface area (Å²) in [5.41, 5.74) is 3.52. The molecule has 1 aromatic heterocycles. The van der Waals surface area contributed by atoms with Gasteiger partial charge in [0.15, 0.2) is 0 Å². The molecule has 2 N–H and O–H groups in total. The quantitative estimate of drug-likeness (QED) is 0.608. The van der Waals surface area contributed by atoms with Crippen LogP contribution in [0.15, 0.2) is 54.7 Å². The zero-order chi connectivity index (χ0) is 20.1. The summed E-state index contributed by atoms with van der Waals surface area (Å²) in [6.45, 7) is 2.01. The van der Waals surface area contributed by atoms with Gasteiger partial charge in [-0.3, -0.25) is 9.78 Å². The summed E-state index contributed by atoms with van der Waals surface area (Å²) in [5.74, 6) is 0.477. The Morgan fingerprint density at radius 1 is 1.00 bits per heavy atom. The molecule has 7 heteroatoms. The smallest absolute Gasteiger partial charge is 0.274 e. The molecule has 0 aliphatic heterocycles. The van der Waals surface area contributed by atoms with Crippen LogP contribution in [0.4, 0.5) is 17.1 Å².